The number of hydrogen-bond acceptors (Lipinski definition) is 1. The highest BCUT2D eigenvalue weighted by Crippen LogP contribution is 2.29. The van der Waals surface area contributed by atoms with Gasteiger partial charge < -0.3 is 10.4 Å². The van der Waals surface area contributed by atoms with Gasteiger partial charge in [-0.1, -0.05) is 0 Å². The van der Waals surface area contributed by atoms with E-state index in [1.165, 1.54) is 6.42 Å². The lowest BCUT2D eigenvalue weighted by Gasteiger charge is -2.35. The number of nitrogens with two attached hydrogens (primary N) is 1. The van der Waals surface area contributed by atoms with E-state index in [1.807, 2.05) is 0 Å². The van der Waals surface area contributed by atoms with E-state index in [0.717, 1.165) is 19.4 Å². The minimum Gasteiger partial charge on any atom is -0.476 e. The van der Waals surface area contributed by atoms with Gasteiger partial charge >= 0.3 is 0 Å². The van der Waals surface area contributed by atoms with Gasteiger partial charge in [0.05, 0.1) is 6.54 Å². The summed E-state index contributed by atoms with van der Waals surface area (Å²) < 4.78 is 0. The number of aliphatic hydroxyl groups is 1. The first-order chi connectivity index (χ1) is 3.77. The average molecular weight is 115 g/mol. The molecule has 0 bridgehead atoms. The Labute approximate surface area is 49.9 Å². The largest absolute Gasteiger partial charge is 0.476 e. The summed E-state index contributed by atoms with van der Waals surface area (Å²) in [4.78, 5) is 0. The van der Waals surface area contributed by atoms with Crippen molar-refractivity contribution in [1.29, 1.82) is 0 Å². The molecule has 2 heteroatoms. The second kappa shape index (κ2) is 2.03. The molecule has 1 fully saturated rings. The first-order valence-electron chi connectivity index (χ1n) is 3.10. The monoisotopic (exact) mass is 115 g/mol. The van der Waals surface area contributed by atoms with Gasteiger partial charge in [0.2, 0.25) is 0 Å². The predicted molar refractivity (Wildman–Crippen MR) is 31.0 cm³/mol. The molecule has 0 aromatic heterocycles. The third-order valence-corrected chi connectivity index (χ3v) is 1.81. The second-order valence-corrected chi connectivity index (χ2v) is 2.57. The molecule has 3 N–H and O–H groups in total. The van der Waals surface area contributed by atoms with Crippen molar-refractivity contribution in [3.05, 3.63) is 7.05 Å². The molecule has 1 rings (SSSR count). The van der Waals surface area contributed by atoms with Crippen molar-refractivity contribution in [3.8, 4) is 0 Å². The average Bonchev–Trinajstić information content (AvgIpc) is 1.64. The van der Waals surface area contributed by atoms with E-state index in [2.05, 4.69) is 7.05 Å². The van der Waals surface area contributed by atoms with Gasteiger partial charge in [-0.05, 0) is 19.3 Å². The molecular formula is C6H13NO. The fraction of sp³-hybridized carbons (Fsp3) is 0.833. The number of rotatable bonds is 2. The molecule has 0 amide bonds. The van der Waals surface area contributed by atoms with Crippen LogP contribution >= 0.6 is 0 Å². The van der Waals surface area contributed by atoms with Crippen LogP contribution in [-0.2, 0) is 0 Å². The van der Waals surface area contributed by atoms with E-state index in [1.54, 1.807) is 5.32 Å². The molecular weight excluding hydrogens is 102 g/mol. The maximum atomic E-state index is 9.34. The molecule has 0 unspecified atom stereocenters. The second-order valence-electron chi connectivity index (χ2n) is 2.57. The molecule has 0 aromatic rings. The molecule has 0 atom stereocenters. The third-order valence-electron chi connectivity index (χ3n) is 1.81. The van der Waals surface area contributed by atoms with Gasteiger partial charge in [-0.15, -0.1) is 0 Å². The Bertz CT molecular complexity index is 78.6. The van der Waals surface area contributed by atoms with Crippen LogP contribution < -0.4 is 5.32 Å². The van der Waals surface area contributed by atoms with Crippen LogP contribution in [0.1, 0.15) is 19.3 Å². The molecule has 8 heavy (non-hydrogen) atoms. The Kier molecular flexibility index (Phi) is 1.54. The van der Waals surface area contributed by atoms with Gasteiger partial charge in [-0.2, -0.15) is 7.05 Å². The maximum Gasteiger partial charge on any atom is 0.111 e. The summed E-state index contributed by atoms with van der Waals surface area (Å²) in [7, 11) is 3.57. The molecule has 1 aliphatic carbocycles. The quantitative estimate of drug-likeness (QED) is 0.457. The van der Waals surface area contributed by atoms with Gasteiger partial charge in [0.1, 0.15) is 5.60 Å². The van der Waals surface area contributed by atoms with Crippen molar-refractivity contribution < 1.29 is 10.4 Å². The van der Waals surface area contributed by atoms with Crippen molar-refractivity contribution in [3.63, 3.8) is 0 Å². The highest BCUT2D eigenvalue weighted by molar-refractivity contribution is 4.85. The zero-order valence-corrected chi connectivity index (χ0v) is 5.06. The fourth-order valence-corrected chi connectivity index (χ4v) is 1.06. The lowest BCUT2D eigenvalue weighted by atomic mass is 9.80. The molecule has 1 saturated carbocycles. The van der Waals surface area contributed by atoms with Crippen LogP contribution in [0.5, 0.6) is 0 Å². The van der Waals surface area contributed by atoms with Crippen LogP contribution in [0.15, 0.2) is 0 Å². The molecule has 2 nitrogen and oxygen atoms in total. The summed E-state index contributed by atoms with van der Waals surface area (Å²) in [5.41, 5.74) is -0.345. The van der Waals surface area contributed by atoms with Crippen LogP contribution in [0.3, 0.4) is 0 Å². The van der Waals surface area contributed by atoms with Crippen molar-refractivity contribution in [1.82, 2.24) is 0 Å². The summed E-state index contributed by atoms with van der Waals surface area (Å²) in [5, 5.41) is 11.1. The Morgan fingerprint density at radius 3 is 2.38 bits per heavy atom. The maximum absolute atomic E-state index is 9.34. The lowest BCUT2D eigenvalue weighted by Crippen LogP contribution is -2.82. The molecule has 0 spiro atoms. The first-order valence-corrected chi connectivity index (χ1v) is 3.10. The van der Waals surface area contributed by atoms with Crippen LogP contribution in [-0.4, -0.2) is 17.3 Å². The van der Waals surface area contributed by atoms with Crippen LogP contribution in [0.25, 0.3) is 0 Å². The van der Waals surface area contributed by atoms with Gasteiger partial charge in [0.25, 0.3) is 0 Å². The smallest absolute Gasteiger partial charge is 0.111 e. The SMILES string of the molecule is [CH2-][NH2+]CC1(O)CCC1. The van der Waals surface area contributed by atoms with Gasteiger partial charge in [0, 0.05) is 0 Å². The Morgan fingerprint density at radius 1 is 1.62 bits per heavy atom. The van der Waals surface area contributed by atoms with Crippen LogP contribution in [0.2, 0.25) is 0 Å². The Balaban J connectivity index is 2.20. The highest BCUT2D eigenvalue weighted by atomic mass is 16.3. The predicted octanol–water partition coefficient (Wildman–Crippen LogP) is -0.744. The van der Waals surface area contributed by atoms with E-state index >= 15 is 0 Å². The van der Waals surface area contributed by atoms with Crippen molar-refractivity contribution >= 4 is 0 Å². The minimum atomic E-state index is -0.345. The molecule has 1 aliphatic rings. The van der Waals surface area contributed by atoms with E-state index in [9.17, 15) is 5.11 Å². The molecule has 0 aromatic carbocycles. The van der Waals surface area contributed by atoms with Crippen molar-refractivity contribution in [2.75, 3.05) is 6.54 Å². The summed E-state index contributed by atoms with van der Waals surface area (Å²) in [6.45, 7) is 0.771. The van der Waals surface area contributed by atoms with Gasteiger partial charge in [0.15, 0.2) is 0 Å². The van der Waals surface area contributed by atoms with Crippen molar-refractivity contribution in [2.45, 2.75) is 24.9 Å². The van der Waals surface area contributed by atoms with Crippen LogP contribution in [0, 0.1) is 7.05 Å². The molecule has 48 valence electrons. The number of quaternary nitrogens is 1. The van der Waals surface area contributed by atoms with E-state index < -0.39 is 0 Å². The fourth-order valence-electron chi connectivity index (χ4n) is 1.06. The summed E-state index contributed by atoms with van der Waals surface area (Å²) in [5.74, 6) is 0. The standard InChI is InChI=1S/C6H13NO/c1-7-5-6(8)3-2-4-6/h8H,1-5,7H2. The zero-order chi connectivity index (χ0) is 6.04. The molecule has 0 radical (unpaired) electrons. The van der Waals surface area contributed by atoms with E-state index in [-0.39, 0.29) is 5.60 Å². The lowest BCUT2D eigenvalue weighted by molar-refractivity contribution is -0.613. The summed E-state index contributed by atoms with van der Waals surface area (Å²) in [6.07, 6.45) is 3.13. The Morgan fingerprint density at radius 2 is 2.25 bits per heavy atom. The van der Waals surface area contributed by atoms with Crippen LogP contribution in [0.4, 0.5) is 0 Å². The third kappa shape index (κ3) is 1.01. The normalized spacial score (nSPS) is 24.8. The topological polar surface area (TPSA) is 36.8 Å². The molecule has 0 heterocycles. The molecule has 0 aliphatic heterocycles. The highest BCUT2D eigenvalue weighted by Gasteiger charge is 2.34. The van der Waals surface area contributed by atoms with Crippen molar-refractivity contribution in [2.24, 2.45) is 0 Å². The number of hydrogen-bond donors (Lipinski definition) is 2. The van der Waals surface area contributed by atoms with E-state index in [4.69, 9.17) is 0 Å². The van der Waals surface area contributed by atoms with Gasteiger partial charge in [-0.25, -0.2) is 0 Å². The first kappa shape index (κ1) is 6.05. The Hall–Kier alpha value is -0.0800. The zero-order valence-electron chi connectivity index (χ0n) is 5.06. The van der Waals surface area contributed by atoms with E-state index in [0.29, 0.717) is 0 Å². The summed E-state index contributed by atoms with van der Waals surface area (Å²) in [6, 6.07) is 0. The van der Waals surface area contributed by atoms with Gasteiger partial charge in [-0.3, -0.25) is 0 Å². The molecule has 0 saturated heterocycles. The summed E-state index contributed by atoms with van der Waals surface area (Å²) >= 11 is 0. The minimum absolute atomic E-state index is 0.345.